The van der Waals surface area contributed by atoms with Gasteiger partial charge in [-0.3, -0.25) is 14.9 Å². The van der Waals surface area contributed by atoms with Gasteiger partial charge in [-0.15, -0.1) is 12.3 Å². The first-order valence-corrected chi connectivity index (χ1v) is 9.79. The van der Waals surface area contributed by atoms with Crippen molar-refractivity contribution in [1.29, 1.82) is 0 Å². The number of rotatable bonds is 6. The van der Waals surface area contributed by atoms with E-state index in [1.165, 1.54) is 11.3 Å². The lowest BCUT2D eigenvalue weighted by Crippen LogP contribution is -2.22. The SMILES string of the molecule is C#CCCCCn1cc(C2=C(c3ccsc3)C(=O)NC2=O)c2ccccc21. The van der Waals surface area contributed by atoms with Gasteiger partial charge in [0.2, 0.25) is 0 Å². The lowest BCUT2D eigenvalue weighted by molar-refractivity contribution is -0.122. The van der Waals surface area contributed by atoms with Crippen LogP contribution in [-0.2, 0) is 16.1 Å². The van der Waals surface area contributed by atoms with E-state index in [4.69, 9.17) is 6.42 Å². The fourth-order valence-electron chi connectivity index (χ4n) is 3.53. The average molecular weight is 374 g/mol. The fourth-order valence-corrected chi connectivity index (χ4v) is 4.18. The van der Waals surface area contributed by atoms with Crippen LogP contribution < -0.4 is 5.32 Å². The average Bonchev–Trinajstić information content (AvgIpc) is 3.37. The molecule has 1 aromatic carbocycles. The maximum atomic E-state index is 12.6. The number of unbranched alkanes of at least 4 members (excludes halogenated alkanes) is 2. The molecule has 0 atom stereocenters. The highest BCUT2D eigenvalue weighted by atomic mass is 32.1. The van der Waals surface area contributed by atoms with Crippen molar-refractivity contribution in [3.8, 4) is 12.3 Å². The lowest BCUT2D eigenvalue weighted by atomic mass is 9.97. The molecule has 3 heterocycles. The molecule has 134 valence electrons. The van der Waals surface area contributed by atoms with Crippen LogP contribution >= 0.6 is 11.3 Å². The Morgan fingerprint density at radius 3 is 2.67 bits per heavy atom. The van der Waals surface area contributed by atoms with Crippen LogP contribution in [-0.4, -0.2) is 16.4 Å². The summed E-state index contributed by atoms with van der Waals surface area (Å²) in [6, 6.07) is 9.85. The summed E-state index contributed by atoms with van der Waals surface area (Å²) in [4.78, 5) is 25.1. The Morgan fingerprint density at radius 2 is 1.89 bits per heavy atom. The van der Waals surface area contributed by atoms with Crippen molar-refractivity contribution in [2.75, 3.05) is 0 Å². The molecule has 0 aliphatic carbocycles. The Balaban J connectivity index is 1.84. The van der Waals surface area contributed by atoms with E-state index in [9.17, 15) is 9.59 Å². The van der Waals surface area contributed by atoms with Gasteiger partial charge in [0.15, 0.2) is 0 Å². The number of hydrogen-bond acceptors (Lipinski definition) is 3. The van der Waals surface area contributed by atoms with Crippen molar-refractivity contribution in [3.63, 3.8) is 0 Å². The fraction of sp³-hybridized carbons (Fsp3) is 0.182. The second-order valence-electron chi connectivity index (χ2n) is 6.46. The van der Waals surface area contributed by atoms with E-state index in [1.807, 2.05) is 47.3 Å². The number of carbonyl (C=O) groups is 2. The second-order valence-corrected chi connectivity index (χ2v) is 7.24. The number of nitrogens with one attached hydrogen (secondary N) is 1. The van der Waals surface area contributed by atoms with E-state index in [-0.39, 0.29) is 11.8 Å². The van der Waals surface area contributed by atoms with Gasteiger partial charge in [0.05, 0.1) is 11.1 Å². The molecule has 3 aromatic rings. The number of aryl methyl sites for hydroxylation is 1. The van der Waals surface area contributed by atoms with Gasteiger partial charge in [-0.05, 0) is 41.3 Å². The third-order valence-corrected chi connectivity index (χ3v) is 5.45. The summed E-state index contributed by atoms with van der Waals surface area (Å²) in [7, 11) is 0. The molecule has 2 aromatic heterocycles. The van der Waals surface area contributed by atoms with Gasteiger partial charge in [0.25, 0.3) is 11.8 Å². The number of carbonyl (C=O) groups excluding carboxylic acids is 2. The van der Waals surface area contributed by atoms with Gasteiger partial charge >= 0.3 is 0 Å². The van der Waals surface area contributed by atoms with Gasteiger partial charge in [-0.2, -0.15) is 11.3 Å². The highest BCUT2D eigenvalue weighted by Gasteiger charge is 2.33. The van der Waals surface area contributed by atoms with Crippen molar-refractivity contribution in [1.82, 2.24) is 9.88 Å². The van der Waals surface area contributed by atoms with E-state index in [1.54, 1.807) is 0 Å². The number of benzene rings is 1. The minimum absolute atomic E-state index is 0.334. The topological polar surface area (TPSA) is 51.1 Å². The van der Waals surface area contributed by atoms with Gasteiger partial charge in [-0.1, -0.05) is 18.2 Å². The van der Waals surface area contributed by atoms with E-state index < -0.39 is 0 Å². The van der Waals surface area contributed by atoms with Gasteiger partial charge in [0, 0.05) is 35.6 Å². The third kappa shape index (κ3) is 3.09. The summed E-state index contributed by atoms with van der Waals surface area (Å²) in [5.41, 5.74) is 3.54. The van der Waals surface area contributed by atoms with Crippen molar-refractivity contribution in [2.45, 2.75) is 25.8 Å². The van der Waals surface area contributed by atoms with E-state index in [0.717, 1.165) is 47.8 Å². The molecule has 2 amide bonds. The summed E-state index contributed by atoms with van der Waals surface area (Å²) < 4.78 is 2.15. The van der Waals surface area contributed by atoms with Crippen molar-refractivity contribution in [3.05, 3.63) is 58.4 Å². The number of hydrogen-bond donors (Lipinski definition) is 1. The van der Waals surface area contributed by atoms with E-state index in [0.29, 0.717) is 11.1 Å². The van der Waals surface area contributed by atoms with Gasteiger partial charge < -0.3 is 4.57 Å². The molecule has 4 nitrogen and oxygen atoms in total. The number of fused-ring (bicyclic) bond motifs is 1. The Labute approximate surface area is 161 Å². The van der Waals surface area contributed by atoms with E-state index in [2.05, 4.69) is 15.8 Å². The number of amides is 2. The van der Waals surface area contributed by atoms with E-state index >= 15 is 0 Å². The monoisotopic (exact) mass is 374 g/mol. The number of thiophene rings is 1. The van der Waals surface area contributed by atoms with Crippen LogP contribution in [0.2, 0.25) is 0 Å². The van der Waals surface area contributed by atoms with Crippen LogP contribution in [0.4, 0.5) is 0 Å². The number of para-hydroxylation sites is 1. The Hall–Kier alpha value is -3.10. The number of nitrogens with zero attached hydrogens (tertiary/aromatic N) is 1. The van der Waals surface area contributed by atoms with Crippen molar-refractivity contribution < 1.29 is 9.59 Å². The largest absolute Gasteiger partial charge is 0.347 e. The molecule has 1 aliphatic rings. The summed E-state index contributed by atoms with van der Waals surface area (Å²) in [5, 5.41) is 7.24. The molecule has 0 saturated heterocycles. The summed E-state index contributed by atoms with van der Waals surface area (Å²) in [6.07, 6.45) is 10.0. The molecular weight excluding hydrogens is 356 g/mol. The molecule has 4 rings (SSSR count). The van der Waals surface area contributed by atoms with Gasteiger partial charge in [-0.25, -0.2) is 0 Å². The molecule has 0 spiro atoms. The molecule has 0 bridgehead atoms. The number of aromatic nitrogens is 1. The summed E-state index contributed by atoms with van der Waals surface area (Å²) >= 11 is 1.50. The van der Waals surface area contributed by atoms with Crippen LogP contribution in [0.25, 0.3) is 22.0 Å². The first-order chi connectivity index (χ1) is 13.2. The number of imide groups is 1. The standard InChI is InChI=1S/C22H18N2O2S/c1-2-3-4-7-11-24-13-17(16-8-5-6-9-18(16)24)20-19(15-10-12-27-14-15)21(25)23-22(20)26/h1,5-6,8-10,12-14H,3-4,7,11H2,(H,23,25,26). The summed E-state index contributed by atoms with van der Waals surface area (Å²) in [5.74, 6) is 2.00. The summed E-state index contributed by atoms with van der Waals surface area (Å²) in [6.45, 7) is 0.818. The highest BCUT2D eigenvalue weighted by Crippen LogP contribution is 2.36. The molecule has 0 saturated carbocycles. The smallest absolute Gasteiger partial charge is 0.259 e. The zero-order chi connectivity index (χ0) is 18.8. The second kappa shape index (κ2) is 7.26. The van der Waals surface area contributed by atoms with Crippen LogP contribution in [0.15, 0.2) is 47.3 Å². The third-order valence-electron chi connectivity index (χ3n) is 4.77. The molecule has 0 radical (unpaired) electrons. The Kier molecular flexibility index (Phi) is 4.66. The highest BCUT2D eigenvalue weighted by molar-refractivity contribution is 7.08. The Bertz CT molecular complexity index is 1100. The predicted molar refractivity (Wildman–Crippen MR) is 109 cm³/mol. The maximum Gasteiger partial charge on any atom is 0.259 e. The molecule has 5 heteroatoms. The minimum Gasteiger partial charge on any atom is -0.347 e. The first kappa shape index (κ1) is 17.3. The van der Waals surface area contributed by atoms with Crippen molar-refractivity contribution in [2.24, 2.45) is 0 Å². The molecule has 0 fully saturated rings. The zero-order valence-corrected chi connectivity index (χ0v) is 15.5. The molecule has 0 unspecified atom stereocenters. The molecule has 1 N–H and O–H groups in total. The molecule has 1 aliphatic heterocycles. The number of terminal acetylenes is 1. The van der Waals surface area contributed by atoms with Crippen LogP contribution in [0.5, 0.6) is 0 Å². The normalized spacial score (nSPS) is 14.0. The van der Waals surface area contributed by atoms with Crippen molar-refractivity contribution >= 4 is 45.2 Å². The predicted octanol–water partition coefficient (Wildman–Crippen LogP) is 4.07. The Morgan fingerprint density at radius 1 is 1.07 bits per heavy atom. The van der Waals surface area contributed by atoms with Crippen LogP contribution in [0, 0.1) is 12.3 Å². The molecular formula is C22H18N2O2S. The quantitative estimate of drug-likeness (QED) is 0.402. The van der Waals surface area contributed by atoms with Crippen LogP contribution in [0.3, 0.4) is 0 Å². The van der Waals surface area contributed by atoms with Crippen LogP contribution in [0.1, 0.15) is 30.4 Å². The lowest BCUT2D eigenvalue weighted by Gasteiger charge is -2.03. The minimum atomic E-state index is -0.337. The van der Waals surface area contributed by atoms with Gasteiger partial charge in [0.1, 0.15) is 0 Å². The zero-order valence-electron chi connectivity index (χ0n) is 14.7. The molecule has 27 heavy (non-hydrogen) atoms. The first-order valence-electron chi connectivity index (χ1n) is 8.85. The maximum absolute atomic E-state index is 12.6.